The molecule has 0 radical (unpaired) electrons. The van der Waals surface area contributed by atoms with Crippen LogP contribution in [0.1, 0.15) is 22.5 Å². The monoisotopic (exact) mass is 605 g/mol. The number of hydrogen-bond donors (Lipinski definition) is 3. The number of para-hydroxylation sites is 1. The van der Waals surface area contributed by atoms with E-state index in [2.05, 4.69) is 20.6 Å². The van der Waals surface area contributed by atoms with Gasteiger partial charge in [-0.15, -0.1) is 11.3 Å². The van der Waals surface area contributed by atoms with Gasteiger partial charge in [0.15, 0.2) is 0 Å². The van der Waals surface area contributed by atoms with E-state index >= 15 is 0 Å². The lowest BCUT2D eigenvalue weighted by molar-refractivity contribution is -0.116. The van der Waals surface area contributed by atoms with E-state index in [9.17, 15) is 9.59 Å². The van der Waals surface area contributed by atoms with Crippen LogP contribution in [-0.2, 0) is 18.4 Å². The Balaban J connectivity index is 1.19. The van der Waals surface area contributed by atoms with Crippen molar-refractivity contribution < 1.29 is 14.3 Å². The molecule has 44 heavy (non-hydrogen) atoms. The zero-order valence-electron chi connectivity index (χ0n) is 24.3. The minimum absolute atomic E-state index is 0.178. The van der Waals surface area contributed by atoms with Gasteiger partial charge in [0.05, 0.1) is 19.1 Å². The van der Waals surface area contributed by atoms with E-state index in [0.29, 0.717) is 29.5 Å². The van der Waals surface area contributed by atoms with Crippen LogP contribution in [0.25, 0.3) is 38.2 Å². The topological polar surface area (TPSA) is 129 Å². The smallest absolute Gasteiger partial charge is 0.272 e. The molecule has 222 valence electrons. The highest BCUT2D eigenvalue weighted by atomic mass is 32.1. The van der Waals surface area contributed by atoms with E-state index in [1.807, 2.05) is 76.3 Å². The first-order valence-electron chi connectivity index (χ1n) is 14.0. The summed E-state index contributed by atoms with van der Waals surface area (Å²) in [5.41, 5.74) is 11.0. The number of nitrogens with two attached hydrogens (primary N) is 1. The molecule has 0 aliphatic carbocycles. The lowest BCUT2D eigenvalue weighted by Crippen LogP contribution is -2.22. The molecule has 2 amide bonds. The van der Waals surface area contributed by atoms with Crippen molar-refractivity contribution in [3.63, 3.8) is 0 Å². The molecule has 10 nitrogen and oxygen atoms in total. The number of aromatic nitrogens is 4. The number of fused-ring (bicyclic) bond motifs is 2. The number of carbonyl (C=O) groups is 2. The van der Waals surface area contributed by atoms with Crippen molar-refractivity contribution in [1.29, 1.82) is 0 Å². The van der Waals surface area contributed by atoms with Crippen molar-refractivity contribution in [2.45, 2.75) is 13.0 Å². The Hall–Kier alpha value is -5.42. The second-order valence-corrected chi connectivity index (χ2v) is 11.1. The number of rotatable bonds is 10. The summed E-state index contributed by atoms with van der Waals surface area (Å²) in [4.78, 5) is 34.1. The maximum absolute atomic E-state index is 13.2. The highest BCUT2D eigenvalue weighted by Gasteiger charge is 2.18. The van der Waals surface area contributed by atoms with E-state index < -0.39 is 0 Å². The van der Waals surface area contributed by atoms with Gasteiger partial charge in [0.2, 0.25) is 5.91 Å². The highest BCUT2D eigenvalue weighted by Crippen LogP contribution is 2.41. The van der Waals surface area contributed by atoms with Crippen LogP contribution >= 0.6 is 11.3 Å². The van der Waals surface area contributed by atoms with E-state index in [1.54, 1.807) is 31.9 Å². The van der Waals surface area contributed by atoms with Crippen molar-refractivity contribution in [3.8, 4) is 16.9 Å². The molecule has 6 rings (SSSR count). The van der Waals surface area contributed by atoms with Gasteiger partial charge in [-0.1, -0.05) is 24.3 Å². The molecule has 4 N–H and O–H groups in total. The summed E-state index contributed by atoms with van der Waals surface area (Å²) in [6.45, 7) is 1.34. The number of carbonyl (C=O) groups excluding carboxylic acids is 2. The molecule has 6 aromatic rings. The number of pyridine rings is 1. The van der Waals surface area contributed by atoms with E-state index in [0.717, 1.165) is 50.6 Å². The Morgan fingerprint density at radius 1 is 1.16 bits per heavy atom. The molecular weight excluding hydrogens is 574 g/mol. The van der Waals surface area contributed by atoms with Crippen LogP contribution in [0.4, 0.5) is 11.5 Å². The zero-order valence-corrected chi connectivity index (χ0v) is 25.1. The van der Waals surface area contributed by atoms with Crippen molar-refractivity contribution in [2.75, 3.05) is 24.7 Å². The highest BCUT2D eigenvalue weighted by molar-refractivity contribution is 7.18. The van der Waals surface area contributed by atoms with Gasteiger partial charge in [0, 0.05) is 76.9 Å². The van der Waals surface area contributed by atoms with Gasteiger partial charge in [-0.2, -0.15) is 0 Å². The summed E-state index contributed by atoms with van der Waals surface area (Å²) < 4.78 is 10.4. The molecule has 0 spiro atoms. The summed E-state index contributed by atoms with van der Waals surface area (Å²) in [5, 5.41) is 9.71. The number of thiophene rings is 1. The molecule has 0 fully saturated rings. The fourth-order valence-corrected chi connectivity index (χ4v) is 6.27. The number of imidazole rings is 1. The van der Waals surface area contributed by atoms with Gasteiger partial charge in [0.1, 0.15) is 17.3 Å². The second-order valence-electron chi connectivity index (χ2n) is 10.2. The lowest BCUT2D eigenvalue weighted by Gasteiger charge is -2.13. The van der Waals surface area contributed by atoms with Crippen LogP contribution in [-0.4, -0.2) is 44.6 Å². The second kappa shape index (κ2) is 12.4. The Morgan fingerprint density at radius 2 is 2.02 bits per heavy atom. The van der Waals surface area contributed by atoms with Gasteiger partial charge in [0.25, 0.3) is 5.91 Å². The van der Waals surface area contributed by atoms with Crippen LogP contribution in [0, 0.1) is 0 Å². The first-order valence-corrected chi connectivity index (χ1v) is 14.9. The maximum atomic E-state index is 13.2. The fraction of sp³-hybridized carbons (Fsp3) is 0.152. The number of nitrogens with one attached hydrogen (secondary N) is 2. The first-order chi connectivity index (χ1) is 21.4. The fourth-order valence-electron chi connectivity index (χ4n) is 5.19. The summed E-state index contributed by atoms with van der Waals surface area (Å²) >= 11 is 1.53. The lowest BCUT2D eigenvalue weighted by atomic mass is 10.0. The average Bonchev–Trinajstić information content (AvgIpc) is 3.79. The van der Waals surface area contributed by atoms with Gasteiger partial charge in [-0.25, -0.2) is 9.97 Å². The van der Waals surface area contributed by atoms with Crippen molar-refractivity contribution >= 4 is 61.7 Å². The zero-order chi connectivity index (χ0) is 30.6. The maximum Gasteiger partial charge on any atom is 0.272 e. The number of hydrogen-bond acceptors (Lipinski definition) is 7. The Kier molecular flexibility index (Phi) is 8.11. The number of nitrogens with zero attached hydrogens (tertiary/aromatic N) is 4. The van der Waals surface area contributed by atoms with Gasteiger partial charge >= 0.3 is 0 Å². The Bertz CT molecular complexity index is 2010. The standard InChI is InChI=1S/C33H31N7O3S/c1-39-26-7-4-3-6-22(26)16-27(39)33(42)38-25-10-8-21(17-28(25)43-2)24-19-44-31-23(18-37-32(34)30(24)31)9-11-29(41)36-12-5-14-40-15-13-35-20-40/h3-4,6-11,13,15-20H,5,12,14H2,1-2H3,(H2,34,37)(H,36,41)(H,38,42). The molecule has 0 aliphatic rings. The van der Waals surface area contributed by atoms with E-state index in [1.165, 1.54) is 17.4 Å². The van der Waals surface area contributed by atoms with Crippen LogP contribution in [0.5, 0.6) is 5.75 Å². The average molecular weight is 606 g/mol. The first kappa shape index (κ1) is 28.7. The van der Waals surface area contributed by atoms with Crippen LogP contribution < -0.4 is 21.1 Å². The van der Waals surface area contributed by atoms with E-state index in [-0.39, 0.29) is 11.8 Å². The van der Waals surface area contributed by atoms with Crippen molar-refractivity contribution in [1.82, 2.24) is 24.4 Å². The summed E-state index contributed by atoms with van der Waals surface area (Å²) in [5.74, 6) is 0.497. The third-order valence-electron chi connectivity index (χ3n) is 7.46. The third kappa shape index (κ3) is 5.77. The van der Waals surface area contributed by atoms with Crippen LogP contribution in [0.15, 0.2) is 84.9 Å². The largest absolute Gasteiger partial charge is 0.495 e. The van der Waals surface area contributed by atoms with Gasteiger partial charge in [-0.3, -0.25) is 9.59 Å². The molecule has 4 aromatic heterocycles. The van der Waals surface area contributed by atoms with Gasteiger partial charge < -0.3 is 30.2 Å². The number of methoxy groups -OCH3 is 1. The third-order valence-corrected chi connectivity index (χ3v) is 8.49. The molecule has 2 aromatic carbocycles. The summed E-state index contributed by atoms with van der Waals surface area (Å²) in [7, 11) is 3.44. The number of amides is 2. The normalized spacial score (nSPS) is 11.4. The van der Waals surface area contributed by atoms with Gasteiger partial charge in [-0.05, 0) is 47.7 Å². The molecule has 11 heteroatoms. The Labute approximate surface area is 257 Å². The van der Waals surface area contributed by atoms with Crippen molar-refractivity contribution in [3.05, 3.63) is 96.2 Å². The molecular formula is C33H31N7O3S. The Morgan fingerprint density at radius 3 is 2.82 bits per heavy atom. The SMILES string of the molecule is COc1cc(-c2csc3c(C=CC(=O)NCCCn4ccnc4)cnc(N)c23)ccc1NC(=O)c1cc2ccccc2n1C. The molecule has 0 atom stereocenters. The molecule has 0 aliphatic heterocycles. The minimum atomic E-state index is -0.233. The van der Waals surface area contributed by atoms with Crippen LogP contribution in [0.3, 0.4) is 0 Å². The molecule has 4 heterocycles. The number of nitrogen functional groups attached to an aromatic ring is 1. The minimum Gasteiger partial charge on any atom is -0.495 e. The summed E-state index contributed by atoms with van der Waals surface area (Å²) in [6.07, 6.45) is 11.1. The predicted octanol–water partition coefficient (Wildman–Crippen LogP) is 5.71. The number of ether oxygens (including phenoxy) is 1. The number of aryl methyl sites for hydroxylation is 2. The van der Waals surface area contributed by atoms with Crippen LogP contribution in [0.2, 0.25) is 0 Å². The molecule has 0 bridgehead atoms. The quantitative estimate of drug-likeness (QED) is 0.135. The van der Waals surface area contributed by atoms with Crippen molar-refractivity contribution in [2.24, 2.45) is 7.05 Å². The summed E-state index contributed by atoms with van der Waals surface area (Å²) in [6, 6.07) is 15.3. The molecule has 0 saturated heterocycles. The molecule has 0 saturated carbocycles. The predicted molar refractivity (Wildman–Crippen MR) is 176 cm³/mol. The number of benzene rings is 2. The molecule has 0 unspecified atom stereocenters. The van der Waals surface area contributed by atoms with E-state index in [4.69, 9.17) is 10.5 Å². The number of anilines is 2.